The van der Waals surface area contributed by atoms with E-state index >= 15 is 0 Å². The fourth-order valence-corrected chi connectivity index (χ4v) is 2.70. The summed E-state index contributed by atoms with van der Waals surface area (Å²) in [6.07, 6.45) is 0. The van der Waals surface area contributed by atoms with Crippen molar-refractivity contribution in [3.63, 3.8) is 0 Å². The topological polar surface area (TPSA) is 72.2 Å². The van der Waals surface area contributed by atoms with Gasteiger partial charge in [0.2, 0.25) is 10.0 Å². The van der Waals surface area contributed by atoms with Crippen LogP contribution in [0.3, 0.4) is 0 Å². The van der Waals surface area contributed by atoms with Crippen molar-refractivity contribution in [1.82, 2.24) is 4.72 Å². The maximum atomic E-state index is 12.1. The third-order valence-electron chi connectivity index (χ3n) is 2.87. The first-order chi connectivity index (χ1) is 8.99. The summed E-state index contributed by atoms with van der Waals surface area (Å²) in [5.41, 5.74) is 7.98. The number of rotatable bonds is 4. The van der Waals surface area contributed by atoms with Gasteiger partial charge in [0, 0.05) is 12.2 Å². The largest absolute Gasteiger partial charge is 0.398 e. The van der Waals surface area contributed by atoms with Crippen LogP contribution in [0.1, 0.15) is 11.1 Å². The van der Waals surface area contributed by atoms with E-state index in [-0.39, 0.29) is 11.4 Å². The summed E-state index contributed by atoms with van der Waals surface area (Å²) in [6, 6.07) is 14.1. The highest BCUT2D eigenvalue weighted by Crippen LogP contribution is 2.17. The summed E-state index contributed by atoms with van der Waals surface area (Å²) in [6.45, 7) is 2.10. The second kappa shape index (κ2) is 5.42. The molecule has 0 radical (unpaired) electrons. The molecule has 0 saturated heterocycles. The Morgan fingerprint density at radius 2 is 1.79 bits per heavy atom. The number of hydrogen-bond donors (Lipinski definition) is 2. The molecule has 2 aromatic rings. The Balaban J connectivity index is 2.16. The Labute approximate surface area is 113 Å². The monoisotopic (exact) mass is 276 g/mol. The molecule has 0 unspecified atom stereocenters. The van der Waals surface area contributed by atoms with Crippen LogP contribution in [0.4, 0.5) is 5.69 Å². The van der Waals surface area contributed by atoms with Gasteiger partial charge < -0.3 is 5.73 Å². The number of nitrogen functional groups attached to an aromatic ring is 1. The zero-order valence-corrected chi connectivity index (χ0v) is 11.4. The fourth-order valence-electron chi connectivity index (χ4n) is 1.64. The molecule has 0 heterocycles. The van der Waals surface area contributed by atoms with Gasteiger partial charge in [0.25, 0.3) is 0 Å². The second-order valence-corrected chi connectivity index (χ2v) is 6.10. The first kappa shape index (κ1) is 13.6. The maximum absolute atomic E-state index is 12.1. The molecule has 0 aliphatic heterocycles. The van der Waals surface area contributed by atoms with Crippen molar-refractivity contribution in [3.8, 4) is 0 Å². The Kier molecular flexibility index (Phi) is 3.87. The summed E-state index contributed by atoms with van der Waals surface area (Å²) in [5, 5.41) is 0. The summed E-state index contributed by atoms with van der Waals surface area (Å²) < 4.78 is 26.8. The number of anilines is 1. The van der Waals surface area contributed by atoms with Gasteiger partial charge in [-0.3, -0.25) is 0 Å². The van der Waals surface area contributed by atoms with Crippen molar-refractivity contribution in [3.05, 3.63) is 59.7 Å². The first-order valence-electron chi connectivity index (χ1n) is 5.89. The lowest BCUT2D eigenvalue weighted by Crippen LogP contribution is -2.23. The predicted molar refractivity (Wildman–Crippen MR) is 76.1 cm³/mol. The molecule has 0 spiro atoms. The molecule has 0 aliphatic rings. The van der Waals surface area contributed by atoms with E-state index in [4.69, 9.17) is 5.73 Å². The molecular formula is C14H16N2O2S. The van der Waals surface area contributed by atoms with E-state index in [0.717, 1.165) is 11.1 Å². The molecule has 0 atom stereocenters. The molecule has 19 heavy (non-hydrogen) atoms. The zero-order valence-electron chi connectivity index (χ0n) is 10.6. The number of sulfonamides is 1. The van der Waals surface area contributed by atoms with Gasteiger partial charge in [0.05, 0.1) is 4.90 Å². The molecule has 0 amide bonds. The number of nitrogens with one attached hydrogen (secondary N) is 1. The van der Waals surface area contributed by atoms with Crippen LogP contribution in [-0.2, 0) is 16.6 Å². The lowest BCUT2D eigenvalue weighted by atomic mass is 10.2. The second-order valence-electron chi connectivity index (χ2n) is 4.33. The van der Waals surface area contributed by atoms with E-state index in [1.54, 1.807) is 12.1 Å². The van der Waals surface area contributed by atoms with E-state index in [1.165, 1.54) is 6.07 Å². The molecule has 0 aromatic heterocycles. The number of hydrogen-bond acceptors (Lipinski definition) is 3. The van der Waals surface area contributed by atoms with Gasteiger partial charge in [-0.1, -0.05) is 36.4 Å². The summed E-state index contributed by atoms with van der Waals surface area (Å²) in [4.78, 5) is 0.187. The van der Waals surface area contributed by atoms with Crippen molar-refractivity contribution >= 4 is 15.7 Å². The van der Waals surface area contributed by atoms with Crippen LogP contribution in [0.2, 0.25) is 0 Å². The number of benzene rings is 2. The maximum Gasteiger partial charge on any atom is 0.240 e. The van der Waals surface area contributed by atoms with Crippen LogP contribution in [-0.4, -0.2) is 8.42 Å². The molecule has 4 nitrogen and oxygen atoms in total. The van der Waals surface area contributed by atoms with Gasteiger partial charge in [-0.2, -0.15) is 0 Å². The minimum atomic E-state index is -3.53. The van der Waals surface area contributed by atoms with Gasteiger partial charge >= 0.3 is 0 Å². The minimum absolute atomic E-state index is 0.187. The fraction of sp³-hybridized carbons (Fsp3) is 0.143. The van der Waals surface area contributed by atoms with Gasteiger partial charge in [0.15, 0.2) is 0 Å². The Hall–Kier alpha value is -1.85. The van der Waals surface area contributed by atoms with E-state index in [0.29, 0.717) is 5.69 Å². The van der Waals surface area contributed by atoms with E-state index in [9.17, 15) is 8.42 Å². The van der Waals surface area contributed by atoms with Gasteiger partial charge in [-0.25, -0.2) is 13.1 Å². The van der Waals surface area contributed by atoms with Gasteiger partial charge in [-0.15, -0.1) is 0 Å². The van der Waals surface area contributed by atoms with Crippen molar-refractivity contribution in [1.29, 1.82) is 0 Å². The van der Waals surface area contributed by atoms with Crippen molar-refractivity contribution in [2.45, 2.75) is 18.4 Å². The molecule has 2 rings (SSSR count). The first-order valence-corrected chi connectivity index (χ1v) is 7.37. The number of aryl methyl sites for hydroxylation is 1. The Bertz CT molecular complexity index is 667. The van der Waals surface area contributed by atoms with E-state index in [2.05, 4.69) is 4.72 Å². The quantitative estimate of drug-likeness (QED) is 0.840. The molecule has 3 N–H and O–H groups in total. The zero-order chi connectivity index (χ0) is 13.9. The number of nitrogens with two attached hydrogens (primary N) is 1. The molecular weight excluding hydrogens is 260 g/mol. The van der Waals surface area contributed by atoms with Crippen LogP contribution in [0.5, 0.6) is 0 Å². The van der Waals surface area contributed by atoms with Crippen molar-refractivity contribution in [2.75, 3.05) is 5.73 Å². The lowest BCUT2D eigenvalue weighted by molar-refractivity contribution is 0.581. The summed E-state index contributed by atoms with van der Waals surface area (Å²) in [5.74, 6) is 0. The van der Waals surface area contributed by atoms with Crippen LogP contribution in [0.15, 0.2) is 53.4 Å². The van der Waals surface area contributed by atoms with Crippen LogP contribution >= 0.6 is 0 Å². The van der Waals surface area contributed by atoms with E-state index in [1.807, 2.05) is 37.3 Å². The SMILES string of the molecule is Cc1ccc(S(=O)(=O)NCc2ccccc2)cc1N. The molecule has 0 saturated carbocycles. The third kappa shape index (κ3) is 3.33. The summed E-state index contributed by atoms with van der Waals surface area (Å²) in [7, 11) is -3.53. The predicted octanol–water partition coefficient (Wildman–Crippen LogP) is 2.06. The van der Waals surface area contributed by atoms with Crippen molar-refractivity contribution < 1.29 is 8.42 Å². The average molecular weight is 276 g/mol. The summed E-state index contributed by atoms with van der Waals surface area (Å²) >= 11 is 0. The minimum Gasteiger partial charge on any atom is -0.398 e. The van der Waals surface area contributed by atoms with Crippen molar-refractivity contribution in [2.24, 2.45) is 0 Å². The lowest BCUT2D eigenvalue weighted by Gasteiger charge is -2.08. The molecule has 0 bridgehead atoms. The normalized spacial score (nSPS) is 11.4. The third-order valence-corrected chi connectivity index (χ3v) is 4.27. The van der Waals surface area contributed by atoms with Crippen LogP contribution in [0.25, 0.3) is 0 Å². The molecule has 2 aromatic carbocycles. The molecule has 100 valence electrons. The average Bonchev–Trinajstić information content (AvgIpc) is 2.41. The molecule has 0 aliphatic carbocycles. The molecule has 5 heteroatoms. The van der Waals surface area contributed by atoms with E-state index < -0.39 is 10.0 Å². The highest BCUT2D eigenvalue weighted by atomic mass is 32.2. The Morgan fingerprint density at radius 3 is 2.42 bits per heavy atom. The van der Waals surface area contributed by atoms with Crippen LogP contribution in [0, 0.1) is 6.92 Å². The highest BCUT2D eigenvalue weighted by molar-refractivity contribution is 7.89. The smallest absolute Gasteiger partial charge is 0.240 e. The molecule has 0 fully saturated rings. The van der Waals surface area contributed by atoms with Gasteiger partial charge in [0.1, 0.15) is 0 Å². The van der Waals surface area contributed by atoms with Crippen LogP contribution < -0.4 is 10.5 Å². The highest BCUT2D eigenvalue weighted by Gasteiger charge is 2.14. The van der Waals surface area contributed by atoms with Gasteiger partial charge in [-0.05, 0) is 30.2 Å². The Morgan fingerprint density at radius 1 is 1.11 bits per heavy atom. The standard InChI is InChI=1S/C14H16N2O2S/c1-11-7-8-13(9-14(11)15)19(17,18)16-10-12-5-3-2-4-6-12/h2-9,16H,10,15H2,1H3.